The van der Waals surface area contributed by atoms with Gasteiger partial charge in [0.2, 0.25) is 11.8 Å². The first kappa shape index (κ1) is 21.8. The molecule has 1 aromatic heterocycles. The number of anilines is 1. The fourth-order valence-electron chi connectivity index (χ4n) is 4.24. The molecule has 164 valence electrons. The van der Waals surface area contributed by atoms with E-state index in [1.165, 1.54) is 11.3 Å². The molecule has 0 aliphatic carbocycles. The number of fused-ring (bicyclic) bond motifs is 3. The molecular formula is C22H26N4O3S2. The van der Waals surface area contributed by atoms with Gasteiger partial charge in [-0.2, -0.15) is 0 Å². The van der Waals surface area contributed by atoms with Crippen LogP contribution in [0.4, 0.5) is 5.13 Å². The Balaban J connectivity index is 1.56. The smallest absolute Gasteiger partial charge is 0.256 e. The third-order valence-electron chi connectivity index (χ3n) is 5.55. The van der Waals surface area contributed by atoms with Crippen molar-refractivity contribution < 1.29 is 14.4 Å². The number of nitrogens with one attached hydrogen (secondary N) is 2. The number of thioether (sulfide) groups is 1. The van der Waals surface area contributed by atoms with Gasteiger partial charge in [0.25, 0.3) is 5.91 Å². The first-order chi connectivity index (χ1) is 14.7. The third kappa shape index (κ3) is 4.08. The molecule has 0 bridgehead atoms. The zero-order chi connectivity index (χ0) is 22.3. The van der Waals surface area contributed by atoms with E-state index in [1.54, 1.807) is 28.2 Å². The Labute approximate surface area is 190 Å². The van der Waals surface area contributed by atoms with Gasteiger partial charge in [0.05, 0.1) is 0 Å². The average molecular weight is 459 g/mol. The number of hydrogen-bond acceptors (Lipinski definition) is 6. The summed E-state index contributed by atoms with van der Waals surface area (Å²) in [5.41, 5.74) is 1.59. The number of rotatable bonds is 6. The number of thiazole rings is 1. The largest absolute Gasteiger partial charge is 0.342 e. The molecule has 0 unspecified atom stereocenters. The predicted molar refractivity (Wildman–Crippen MR) is 123 cm³/mol. The maximum Gasteiger partial charge on any atom is 0.256 e. The number of carbonyl (C=O) groups is 3. The lowest BCUT2D eigenvalue weighted by Gasteiger charge is -2.31. The molecule has 7 nitrogen and oxygen atoms in total. The molecule has 3 amide bonds. The Morgan fingerprint density at radius 3 is 2.68 bits per heavy atom. The van der Waals surface area contributed by atoms with E-state index in [4.69, 9.17) is 0 Å². The Kier molecular flexibility index (Phi) is 5.83. The summed E-state index contributed by atoms with van der Waals surface area (Å²) < 4.78 is -0.494. The lowest BCUT2D eigenvalue weighted by molar-refractivity contribution is -0.130. The van der Waals surface area contributed by atoms with Crippen LogP contribution in [0.5, 0.6) is 0 Å². The van der Waals surface area contributed by atoms with Crippen LogP contribution in [-0.2, 0) is 9.59 Å². The Bertz CT molecular complexity index is 1010. The van der Waals surface area contributed by atoms with Crippen molar-refractivity contribution in [2.24, 2.45) is 5.92 Å². The molecular weight excluding hydrogens is 432 g/mol. The van der Waals surface area contributed by atoms with Crippen molar-refractivity contribution in [3.05, 3.63) is 47.0 Å². The van der Waals surface area contributed by atoms with Crippen LogP contribution in [0, 0.1) is 5.92 Å². The fraction of sp³-hybridized carbons (Fsp3) is 0.455. The van der Waals surface area contributed by atoms with E-state index in [1.807, 2.05) is 52.0 Å². The number of aromatic nitrogens is 1. The summed E-state index contributed by atoms with van der Waals surface area (Å²) in [6.45, 7) is 7.95. The molecule has 0 saturated carbocycles. The lowest BCUT2D eigenvalue weighted by atomic mass is 9.98. The van der Waals surface area contributed by atoms with Crippen LogP contribution in [0.2, 0.25) is 0 Å². The summed E-state index contributed by atoms with van der Waals surface area (Å²) in [6.07, 6.45) is 2.10. The van der Waals surface area contributed by atoms with Crippen LogP contribution >= 0.6 is 23.1 Å². The van der Waals surface area contributed by atoms with Gasteiger partial charge >= 0.3 is 0 Å². The molecule has 2 aliphatic heterocycles. The van der Waals surface area contributed by atoms with E-state index in [0.717, 1.165) is 5.56 Å². The van der Waals surface area contributed by atoms with E-state index < -0.39 is 16.8 Å². The summed E-state index contributed by atoms with van der Waals surface area (Å²) in [4.78, 5) is 45.3. The standard InChI is InChI=1S/C22H26N4O3S2/c1-12(2)11-15(17(27)25-21-23-9-10-30-21)24-18(28)16-22(3,4)31-20-14-8-6-5-7-13(14)19(29)26(16)20/h5-10,12,15-16,20H,11H2,1-4H3,(H,24,28)(H,23,25,27)/t15-,16+,20-/m0/s1. The SMILES string of the molecule is CC(C)C[C@H](NC(=O)[C@H]1N2C(=O)c3ccccc3[C@@H]2SC1(C)C)C(=O)Nc1nccs1. The van der Waals surface area contributed by atoms with Gasteiger partial charge < -0.3 is 15.5 Å². The van der Waals surface area contributed by atoms with E-state index >= 15 is 0 Å². The number of amides is 3. The van der Waals surface area contributed by atoms with Crippen LogP contribution in [-0.4, -0.2) is 44.4 Å². The van der Waals surface area contributed by atoms with Crippen molar-refractivity contribution in [3.63, 3.8) is 0 Å². The number of benzene rings is 1. The van der Waals surface area contributed by atoms with Crippen LogP contribution < -0.4 is 10.6 Å². The molecule has 1 saturated heterocycles. The summed E-state index contributed by atoms with van der Waals surface area (Å²) in [5, 5.41) is 7.80. The molecule has 3 atom stereocenters. The summed E-state index contributed by atoms with van der Waals surface area (Å²) in [7, 11) is 0. The molecule has 9 heteroatoms. The van der Waals surface area contributed by atoms with E-state index in [0.29, 0.717) is 17.1 Å². The monoisotopic (exact) mass is 458 g/mol. The molecule has 0 spiro atoms. The summed E-state index contributed by atoms with van der Waals surface area (Å²) >= 11 is 2.94. The molecule has 1 aromatic carbocycles. The van der Waals surface area contributed by atoms with E-state index in [9.17, 15) is 14.4 Å². The van der Waals surface area contributed by atoms with Crippen molar-refractivity contribution >= 4 is 46.0 Å². The summed E-state index contributed by atoms with van der Waals surface area (Å²) in [6, 6.07) is 6.12. The van der Waals surface area contributed by atoms with Crippen molar-refractivity contribution in [1.82, 2.24) is 15.2 Å². The molecule has 31 heavy (non-hydrogen) atoms. The Hall–Kier alpha value is -2.39. The highest BCUT2D eigenvalue weighted by molar-refractivity contribution is 8.01. The molecule has 2 aliphatic rings. The van der Waals surface area contributed by atoms with Gasteiger partial charge in [-0.1, -0.05) is 32.0 Å². The maximum atomic E-state index is 13.5. The van der Waals surface area contributed by atoms with Crippen molar-refractivity contribution in [1.29, 1.82) is 0 Å². The molecule has 0 radical (unpaired) electrons. The highest BCUT2D eigenvalue weighted by Gasteiger charge is 2.57. The number of carbonyl (C=O) groups excluding carboxylic acids is 3. The van der Waals surface area contributed by atoms with Gasteiger partial charge in [0, 0.05) is 21.9 Å². The second-order valence-corrected chi connectivity index (χ2v) is 11.4. The van der Waals surface area contributed by atoms with Crippen LogP contribution in [0.3, 0.4) is 0 Å². The van der Waals surface area contributed by atoms with E-state index in [2.05, 4.69) is 15.6 Å². The minimum absolute atomic E-state index is 0.133. The summed E-state index contributed by atoms with van der Waals surface area (Å²) in [5.74, 6) is -0.538. The molecule has 2 aromatic rings. The zero-order valence-corrected chi connectivity index (χ0v) is 19.5. The van der Waals surface area contributed by atoms with Gasteiger partial charge in [0.1, 0.15) is 17.5 Å². The van der Waals surface area contributed by atoms with Crippen LogP contribution in [0.15, 0.2) is 35.8 Å². The van der Waals surface area contributed by atoms with Gasteiger partial charge in [-0.15, -0.1) is 23.1 Å². The highest BCUT2D eigenvalue weighted by atomic mass is 32.2. The molecule has 4 rings (SSSR count). The molecule has 3 heterocycles. The van der Waals surface area contributed by atoms with Crippen LogP contribution in [0.1, 0.15) is 55.4 Å². The van der Waals surface area contributed by atoms with Crippen molar-refractivity contribution in [2.45, 2.75) is 56.3 Å². The predicted octanol–water partition coefficient (Wildman–Crippen LogP) is 3.66. The molecule has 2 N–H and O–H groups in total. The second-order valence-electron chi connectivity index (χ2n) is 8.79. The average Bonchev–Trinajstić information content (AvgIpc) is 3.37. The Morgan fingerprint density at radius 1 is 1.26 bits per heavy atom. The minimum Gasteiger partial charge on any atom is -0.342 e. The van der Waals surface area contributed by atoms with Gasteiger partial charge in [-0.05, 0) is 37.8 Å². The normalized spacial score (nSPS) is 22.2. The van der Waals surface area contributed by atoms with Gasteiger partial charge in [0.15, 0.2) is 5.13 Å². The lowest BCUT2D eigenvalue weighted by Crippen LogP contribution is -2.56. The third-order valence-corrected chi connectivity index (χ3v) is 7.77. The van der Waals surface area contributed by atoms with Crippen LogP contribution in [0.25, 0.3) is 0 Å². The quantitative estimate of drug-likeness (QED) is 0.689. The minimum atomic E-state index is -0.712. The number of nitrogens with zero attached hydrogens (tertiary/aromatic N) is 2. The topological polar surface area (TPSA) is 91.4 Å². The highest BCUT2D eigenvalue weighted by Crippen LogP contribution is 2.56. The molecule has 1 fully saturated rings. The Morgan fingerprint density at radius 2 is 2.00 bits per heavy atom. The maximum absolute atomic E-state index is 13.5. The fourth-order valence-corrected chi connectivity index (χ4v) is 6.36. The first-order valence-electron chi connectivity index (χ1n) is 10.3. The second kappa shape index (κ2) is 8.27. The first-order valence-corrected chi connectivity index (χ1v) is 12.0. The van der Waals surface area contributed by atoms with Gasteiger partial charge in [-0.3, -0.25) is 14.4 Å². The van der Waals surface area contributed by atoms with Gasteiger partial charge in [-0.25, -0.2) is 4.98 Å². The zero-order valence-electron chi connectivity index (χ0n) is 17.9. The number of hydrogen-bond donors (Lipinski definition) is 2. The van der Waals surface area contributed by atoms with Crippen molar-refractivity contribution in [2.75, 3.05) is 5.32 Å². The van der Waals surface area contributed by atoms with E-state index in [-0.39, 0.29) is 29.0 Å². The van der Waals surface area contributed by atoms with Crippen molar-refractivity contribution in [3.8, 4) is 0 Å².